The van der Waals surface area contributed by atoms with Gasteiger partial charge in [-0.05, 0) is 67.2 Å². The third-order valence-corrected chi connectivity index (χ3v) is 11.1. The zero-order chi connectivity index (χ0) is 34.2. The molecule has 0 saturated heterocycles. The van der Waals surface area contributed by atoms with E-state index in [9.17, 15) is 0 Å². The Balaban J connectivity index is 4.99. The maximum atomic E-state index is 6.40. The SMILES string of the molecule is CCCCCCCCC(OCC)C(CCCSSCCCC(OCC)(OCC)C(CCCCCCCC)OCC)(OCC)OCC. The summed E-state index contributed by atoms with van der Waals surface area (Å²) in [5, 5.41) is 0. The van der Waals surface area contributed by atoms with Crippen LogP contribution in [0.1, 0.15) is 171 Å². The van der Waals surface area contributed by atoms with Crippen LogP contribution in [-0.2, 0) is 28.4 Å². The average molecular weight is 695 g/mol. The predicted molar refractivity (Wildman–Crippen MR) is 202 cm³/mol. The summed E-state index contributed by atoms with van der Waals surface area (Å²) in [4.78, 5) is 0. The summed E-state index contributed by atoms with van der Waals surface area (Å²) in [7, 11) is 3.91. The highest BCUT2D eigenvalue weighted by Crippen LogP contribution is 2.35. The molecule has 0 bridgehead atoms. The van der Waals surface area contributed by atoms with Crippen LogP contribution in [-0.4, -0.2) is 74.9 Å². The minimum absolute atomic E-state index is 0.0268. The molecule has 2 atom stereocenters. The van der Waals surface area contributed by atoms with Gasteiger partial charge < -0.3 is 28.4 Å². The first-order chi connectivity index (χ1) is 22.5. The molecule has 0 aromatic carbocycles. The molecule has 46 heavy (non-hydrogen) atoms. The van der Waals surface area contributed by atoms with Crippen molar-refractivity contribution in [3.63, 3.8) is 0 Å². The molecule has 0 radical (unpaired) electrons. The molecule has 0 amide bonds. The van der Waals surface area contributed by atoms with Gasteiger partial charge in [0.1, 0.15) is 12.2 Å². The summed E-state index contributed by atoms with van der Waals surface area (Å²) in [6.45, 7) is 20.9. The maximum absolute atomic E-state index is 6.40. The Bertz CT molecular complexity index is 562. The smallest absolute Gasteiger partial charge is 0.194 e. The van der Waals surface area contributed by atoms with Crippen LogP contribution in [0.5, 0.6) is 0 Å². The highest BCUT2D eigenvalue weighted by atomic mass is 33.1. The Labute approximate surface area is 295 Å². The van der Waals surface area contributed by atoms with Crippen LogP contribution in [0, 0.1) is 0 Å². The van der Waals surface area contributed by atoms with Gasteiger partial charge in [-0.2, -0.15) is 0 Å². The lowest BCUT2D eigenvalue weighted by molar-refractivity contribution is -0.293. The molecule has 0 fully saturated rings. The summed E-state index contributed by atoms with van der Waals surface area (Å²) in [5.41, 5.74) is 0. The van der Waals surface area contributed by atoms with Crippen LogP contribution >= 0.6 is 21.6 Å². The predicted octanol–water partition coefficient (Wildman–Crippen LogP) is 11.8. The Hall–Kier alpha value is 0.460. The van der Waals surface area contributed by atoms with Crippen LogP contribution in [0.2, 0.25) is 0 Å². The Morgan fingerprint density at radius 3 is 1.02 bits per heavy atom. The summed E-state index contributed by atoms with van der Waals surface area (Å²) in [6, 6.07) is 0. The number of rotatable bonds is 37. The van der Waals surface area contributed by atoms with Crippen molar-refractivity contribution in [1.29, 1.82) is 0 Å². The monoisotopic (exact) mass is 695 g/mol. The normalized spacial score (nSPS) is 13.8. The van der Waals surface area contributed by atoms with Gasteiger partial charge in [0.25, 0.3) is 0 Å². The van der Waals surface area contributed by atoms with Crippen LogP contribution in [0.25, 0.3) is 0 Å². The zero-order valence-corrected chi connectivity index (χ0v) is 33.4. The molecule has 0 saturated carbocycles. The number of unbranched alkanes of at least 4 members (excludes halogenated alkanes) is 10. The molecule has 0 heterocycles. The van der Waals surface area contributed by atoms with Gasteiger partial charge in [-0.15, -0.1) is 0 Å². The van der Waals surface area contributed by atoms with E-state index in [1.54, 1.807) is 0 Å². The molecular formula is C38H78O6S2. The molecule has 278 valence electrons. The molecule has 2 unspecified atom stereocenters. The second-order valence-corrected chi connectivity index (χ2v) is 14.9. The highest BCUT2D eigenvalue weighted by molar-refractivity contribution is 8.76. The molecule has 0 N–H and O–H groups in total. The zero-order valence-electron chi connectivity index (χ0n) is 31.8. The van der Waals surface area contributed by atoms with E-state index in [0.717, 1.165) is 62.9 Å². The molecule has 8 heteroatoms. The van der Waals surface area contributed by atoms with Crippen LogP contribution < -0.4 is 0 Å². The van der Waals surface area contributed by atoms with Crippen molar-refractivity contribution in [3.8, 4) is 0 Å². The lowest BCUT2D eigenvalue weighted by atomic mass is 9.97. The highest BCUT2D eigenvalue weighted by Gasteiger charge is 2.42. The summed E-state index contributed by atoms with van der Waals surface area (Å²) in [5.74, 6) is 0.800. The Morgan fingerprint density at radius 1 is 0.391 bits per heavy atom. The van der Waals surface area contributed by atoms with Crippen LogP contribution in [0.4, 0.5) is 0 Å². The van der Waals surface area contributed by atoms with Gasteiger partial charge in [0.05, 0.1) is 0 Å². The van der Waals surface area contributed by atoms with Crippen molar-refractivity contribution in [1.82, 2.24) is 0 Å². The van der Waals surface area contributed by atoms with Crippen molar-refractivity contribution in [2.24, 2.45) is 0 Å². The molecule has 0 aliphatic rings. The molecule has 0 aliphatic heterocycles. The van der Waals surface area contributed by atoms with Crippen molar-refractivity contribution in [2.75, 3.05) is 51.1 Å². The van der Waals surface area contributed by atoms with E-state index in [2.05, 4.69) is 55.4 Å². The molecule has 0 spiro atoms. The summed E-state index contributed by atoms with van der Waals surface area (Å²) in [6.07, 6.45) is 21.0. The van der Waals surface area contributed by atoms with Crippen molar-refractivity contribution >= 4 is 21.6 Å². The van der Waals surface area contributed by atoms with Gasteiger partial charge in [0.2, 0.25) is 0 Å². The lowest BCUT2D eigenvalue weighted by Gasteiger charge is -2.40. The average Bonchev–Trinajstić information content (AvgIpc) is 3.04. The fourth-order valence-electron chi connectivity index (χ4n) is 6.40. The van der Waals surface area contributed by atoms with Crippen molar-refractivity contribution in [2.45, 2.75) is 195 Å². The van der Waals surface area contributed by atoms with Gasteiger partial charge in [-0.3, -0.25) is 0 Å². The van der Waals surface area contributed by atoms with Gasteiger partial charge >= 0.3 is 0 Å². The van der Waals surface area contributed by atoms with E-state index < -0.39 is 11.6 Å². The number of hydrogen-bond acceptors (Lipinski definition) is 8. The molecular weight excluding hydrogens is 617 g/mol. The van der Waals surface area contributed by atoms with Gasteiger partial charge in [-0.25, -0.2) is 0 Å². The molecule has 0 aliphatic carbocycles. The fourth-order valence-corrected chi connectivity index (χ4v) is 8.57. The van der Waals surface area contributed by atoms with E-state index in [1.807, 2.05) is 21.6 Å². The first-order valence-corrected chi connectivity index (χ1v) is 22.0. The van der Waals surface area contributed by atoms with Gasteiger partial charge in [-0.1, -0.05) is 112 Å². The van der Waals surface area contributed by atoms with Crippen LogP contribution in [0.15, 0.2) is 0 Å². The number of ether oxygens (including phenoxy) is 6. The van der Waals surface area contributed by atoms with Crippen molar-refractivity contribution in [3.05, 3.63) is 0 Å². The topological polar surface area (TPSA) is 55.4 Å². The van der Waals surface area contributed by atoms with Crippen molar-refractivity contribution < 1.29 is 28.4 Å². The molecule has 0 aromatic heterocycles. The third-order valence-electron chi connectivity index (χ3n) is 8.50. The lowest BCUT2D eigenvalue weighted by Crippen LogP contribution is -2.49. The first kappa shape index (κ1) is 46.5. The second kappa shape index (κ2) is 32.7. The standard InChI is InChI=1S/C38H78O6S2/c1-9-17-19-21-23-25-29-35(39-11-3)37(41-13-5,42-14-6)31-27-33-45-46-34-28-32-38(43-15-7,44-16-8)36(40-12-4)30-26-24-22-20-18-10-2/h35-36H,9-34H2,1-8H3. The molecule has 0 aromatic rings. The quantitative estimate of drug-likeness (QED) is 0.0362. The van der Waals surface area contributed by atoms with Gasteiger partial charge in [0, 0.05) is 64.0 Å². The third kappa shape index (κ3) is 20.9. The van der Waals surface area contributed by atoms with E-state index in [0.29, 0.717) is 39.6 Å². The van der Waals surface area contributed by atoms with E-state index >= 15 is 0 Å². The number of hydrogen-bond donors (Lipinski definition) is 0. The Morgan fingerprint density at radius 2 is 0.717 bits per heavy atom. The second-order valence-electron chi connectivity index (χ2n) is 12.2. The minimum atomic E-state index is -0.660. The summed E-state index contributed by atoms with van der Waals surface area (Å²) >= 11 is 0. The van der Waals surface area contributed by atoms with Gasteiger partial charge in [0.15, 0.2) is 11.6 Å². The van der Waals surface area contributed by atoms with E-state index in [1.165, 1.54) is 64.2 Å². The van der Waals surface area contributed by atoms with E-state index in [-0.39, 0.29) is 12.2 Å². The molecule has 0 rings (SSSR count). The Kier molecular flexibility index (Phi) is 33.0. The minimum Gasteiger partial charge on any atom is -0.373 e. The van der Waals surface area contributed by atoms with E-state index in [4.69, 9.17) is 28.4 Å². The maximum Gasteiger partial charge on any atom is 0.194 e. The fraction of sp³-hybridized carbons (Fsp3) is 1.00. The molecule has 6 nitrogen and oxygen atoms in total. The first-order valence-electron chi connectivity index (χ1n) is 19.5. The van der Waals surface area contributed by atoms with Crippen LogP contribution in [0.3, 0.4) is 0 Å². The largest absolute Gasteiger partial charge is 0.373 e. The summed E-state index contributed by atoms with van der Waals surface area (Å²) < 4.78 is 38.2.